The Morgan fingerprint density at radius 1 is 0.952 bits per heavy atom. The molecule has 5 heteroatoms. The standard InChI is InChI=1S/C16H14F4O/c17-14-5-1-4-13(16(18,19)20)15(14)12-8-6-11(7-9-12)3-2-10-21/h1,4-9,21H,2-3,10H2. The second-order valence-electron chi connectivity index (χ2n) is 4.68. The number of benzene rings is 2. The normalized spacial score (nSPS) is 11.7. The van der Waals surface area contributed by atoms with E-state index in [1.807, 2.05) is 0 Å². The summed E-state index contributed by atoms with van der Waals surface area (Å²) >= 11 is 0. The number of aliphatic hydroxyl groups is 1. The Hall–Kier alpha value is -1.88. The summed E-state index contributed by atoms with van der Waals surface area (Å²) in [5.74, 6) is -0.895. The summed E-state index contributed by atoms with van der Waals surface area (Å²) in [5, 5.41) is 8.75. The lowest BCUT2D eigenvalue weighted by atomic mass is 9.97. The summed E-state index contributed by atoms with van der Waals surface area (Å²) in [4.78, 5) is 0. The van der Waals surface area contributed by atoms with Crippen LogP contribution in [0.3, 0.4) is 0 Å². The molecule has 1 nitrogen and oxygen atoms in total. The van der Waals surface area contributed by atoms with Gasteiger partial charge in [0.1, 0.15) is 5.82 Å². The zero-order valence-corrected chi connectivity index (χ0v) is 11.1. The van der Waals surface area contributed by atoms with Crippen LogP contribution in [0.15, 0.2) is 42.5 Å². The highest BCUT2D eigenvalue weighted by molar-refractivity contribution is 5.69. The second-order valence-corrected chi connectivity index (χ2v) is 4.68. The van der Waals surface area contributed by atoms with Crippen molar-refractivity contribution in [2.24, 2.45) is 0 Å². The molecule has 1 N–H and O–H groups in total. The predicted octanol–water partition coefficient (Wildman–Crippen LogP) is 4.44. The highest BCUT2D eigenvalue weighted by Gasteiger charge is 2.34. The number of hydrogen-bond acceptors (Lipinski definition) is 1. The molecule has 0 atom stereocenters. The van der Waals surface area contributed by atoms with E-state index in [0.717, 1.165) is 23.8 Å². The van der Waals surface area contributed by atoms with Gasteiger partial charge in [-0.25, -0.2) is 4.39 Å². The molecule has 0 spiro atoms. The highest BCUT2D eigenvalue weighted by atomic mass is 19.4. The van der Waals surface area contributed by atoms with Crippen LogP contribution in [0.4, 0.5) is 17.6 Å². The van der Waals surface area contributed by atoms with Crippen LogP contribution in [0.25, 0.3) is 11.1 Å². The van der Waals surface area contributed by atoms with Crippen LogP contribution in [0.1, 0.15) is 17.5 Å². The van der Waals surface area contributed by atoms with Crippen LogP contribution in [-0.2, 0) is 12.6 Å². The van der Waals surface area contributed by atoms with E-state index in [1.54, 1.807) is 12.1 Å². The summed E-state index contributed by atoms with van der Waals surface area (Å²) in [6.07, 6.45) is -3.40. The third-order valence-corrected chi connectivity index (χ3v) is 3.19. The van der Waals surface area contributed by atoms with Gasteiger partial charge in [-0.1, -0.05) is 30.3 Å². The van der Waals surface area contributed by atoms with E-state index in [2.05, 4.69) is 0 Å². The number of rotatable bonds is 4. The van der Waals surface area contributed by atoms with Crippen molar-refractivity contribution in [1.82, 2.24) is 0 Å². The zero-order chi connectivity index (χ0) is 15.5. The largest absolute Gasteiger partial charge is 0.417 e. The number of halogens is 4. The fraction of sp³-hybridized carbons (Fsp3) is 0.250. The maximum absolute atomic E-state index is 13.8. The topological polar surface area (TPSA) is 20.2 Å². The average Bonchev–Trinajstić information content (AvgIpc) is 2.44. The summed E-state index contributed by atoms with van der Waals surface area (Å²) in [7, 11) is 0. The van der Waals surface area contributed by atoms with Crippen molar-refractivity contribution in [2.45, 2.75) is 19.0 Å². The van der Waals surface area contributed by atoms with Crippen molar-refractivity contribution in [3.05, 3.63) is 59.4 Å². The van der Waals surface area contributed by atoms with E-state index in [-0.39, 0.29) is 12.2 Å². The molecular formula is C16H14F4O. The molecule has 0 heterocycles. The monoisotopic (exact) mass is 298 g/mol. The SMILES string of the molecule is OCCCc1ccc(-c2c(F)cccc2C(F)(F)F)cc1. The third-order valence-electron chi connectivity index (χ3n) is 3.19. The van der Waals surface area contributed by atoms with E-state index in [4.69, 9.17) is 5.11 Å². The molecule has 0 bridgehead atoms. The molecule has 0 aromatic heterocycles. The molecule has 0 saturated carbocycles. The van der Waals surface area contributed by atoms with Gasteiger partial charge in [0.15, 0.2) is 0 Å². The molecular weight excluding hydrogens is 284 g/mol. The molecule has 112 valence electrons. The van der Waals surface area contributed by atoms with Gasteiger partial charge in [-0.3, -0.25) is 0 Å². The molecule has 0 saturated heterocycles. The van der Waals surface area contributed by atoms with Gasteiger partial charge in [0, 0.05) is 12.2 Å². The summed E-state index contributed by atoms with van der Waals surface area (Å²) in [5.41, 5.74) is -0.338. The molecule has 2 rings (SSSR count). The Balaban J connectivity index is 2.42. The van der Waals surface area contributed by atoms with Gasteiger partial charge in [-0.05, 0) is 36.1 Å². The Morgan fingerprint density at radius 3 is 2.19 bits per heavy atom. The summed E-state index contributed by atoms with van der Waals surface area (Å²) < 4.78 is 52.7. The molecule has 0 aliphatic carbocycles. The van der Waals surface area contributed by atoms with E-state index in [1.165, 1.54) is 12.1 Å². The molecule has 0 fully saturated rings. The fourth-order valence-electron chi connectivity index (χ4n) is 2.18. The van der Waals surface area contributed by atoms with Crippen molar-refractivity contribution in [2.75, 3.05) is 6.61 Å². The number of hydrogen-bond donors (Lipinski definition) is 1. The smallest absolute Gasteiger partial charge is 0.396 e. The minimum absolute atomic E-state index is 0.0489. The first kappa shape index (κ1) is 15.5. The molecule has 0 aliphatic rings. The Morgan fingerprint density at radius 2 is 1.62 bits per heavy atom. The van der Waals surface area contributed by atoms with Crippen LogP contribution in [0.5, 0.6) is 0 Å². The lowest BCUT2D eigenvalue weighted by Gasteiger charge is -2.14. The first-order chi connectivity index (χ1) is 9.93. The van der Waals surface area contributed by atoms with Gasteiger partial charge in [-0.15, -0.1) is 0 Å². The van der Waals surface area contributed by atoms with Gasteiger partial charge in [0.2, 0.25) is 0 Å². The van der Waals surface area contributed by atoms with Crippen LogP contribution in [-0.4, -0.2) is 11.7 Å². The molecule has 2 aromatic carbocycles. The Labute approximate surface area is 119 Å². The lowest BCUT2D eigenvalue weighted by Crippen LogP contribution is -2.08. The van der Waals surface area contributed by atoms with Crippen molar-refractivity contribution in [1.29, 1.82) is 0 Å². The summed E-state index contributed by atoms with van der Waals surface area (Å²) in [6, 6.07) is 9.19. The van der Waals surface area contributed by atoms with Crippen LogP contribution in [0, 0.1) is 5.82 Å². The molecule has 0 amide bonds. The average molecular weight is 298 g/mol. The fourth-order valence-corrected chi connectivity index (χ4v) is 2.18. The van der Waals surface area contributed by atoms with Crippen molar-refractivity contribution in [3.63, 3.8) is 0 Å². The summed E-state index contributed by atoms with van der Waals surface area (Å²) in [6.45, 7) is 0.0489. The first-order valence-electron chi connectivity index (χ1n) is 6.49. The number of aliphatic hydroxyl groups excluding tert-OH is 1. The zero-order valence-electron chi connectivity index (χ0n) is 11.1. The van der Waals surface area contributed by atoms with Gasteiger partial charge < -0.3 is 5.11 Å². The molecule has 2 aromatic rings. The minimum atomic E-state index is -4.60. The number of alkyl halides is 3. The Kier molecular flexibility index (Phi) is 4.63. The van der Waals surface area contributed by atoms with Crippen LogP contribution < -0.4 is 0 Å². The Bertz CT molecular complexity index is 603. The van der Waals surface area contributed by atoms with Crippen LogP contribution in [0.2, 0.25) is 0 Å². The third kappa shape index (κ3) is 3.61. The minimum Gasteiger partial charge on any atom is -0.396 e. The van der Waals surface area contributed by atoms with Crippen LogP contribution >= 0.6 is 0 Å². The van der Waals surface area contributed by atoms with Gasteiger partial charge in [0.25, 0.3) is 0 Å². The van der Waals surface area contributed by atoms with Gasteiger partial charge >= 0.3 is 6.18 Å². The van der Waals surface area contributed by atoms with Gasteiger partial charge in [-0.2, -0.15) is 13.2 Å². The van der Waals surface area contributed by atoms with Crippen molar-refractivity contribution >= 4 is 0 Å². The van der Waals surface area contributed by atoms with Crippen molar-refractivity contribution < 1.29 is 22.7 Å². The quantitative estimate of drug-likeness (QED) is 0.828. The maximum Gasteiger partial charge on any atom is 0.417 e. The first-order valence-corrected chi connectivity index (χ1v) is 6.49. The maximum atomic E-state index is 13.8. The number of aryl methyl sites for hydroxylation is 1. The molecule has 21 heavy (non-hydrogen) atoms. The molecule has 0 aliphatic heterocycles. The van der Waals surface area contributed by atoms with Gasteiger partial charge in [0.05, 0.1) is 5.56 Å². The van der Waals surface area contributed by atoms with E-state index in [0.29, 0.717) is 12.8 Å². The lowest BCUT2D eigenvalue weighted by molar-refractivity contribution is -0.137. The second kappa shape index (κ2) is 6.26. The van der Waals surface area contributed by atoms with Crippen molar-refractivity contribution in [3.8, 4) is 11.1 Å². The highest BCUT2D eigenvalue weighted by Crippen LogP contribution is 2.38. The predicted molar refractivity (Wildman–Crippen MR) is 72.2 cm³/mol. The molecule has 0 unspecified atom stereocenters. The molecule has 0 radical (unpaired) electrons. The van der Waals surface area contributed by atoms with E-state index >= 15 is 0 Å². The van der Waals surface area contributed by atoms with E-state index < -0.39 is 23.1 Å². The van der Waals surface area contributed by atoms with E-state index in [9.17, 15) is 17.6 Å².